The van der Waals surface area contributed by atoms with Crippen LogP contribution in [0.1, 0.15) is 84.3 Å². The monoisotopic (exact) mass is 547 g/mol. The maximum Gasteiger partial charge on any atom is 0.337 e. The van der Waals surface area contributed by atoms with Crippen LogP contribution in [-0.2, 0) is 16.0 Å². The number of hydrogen-bond donors (Lipinski definition) is 1. The molecule has 0 spiro atoms. The van der Waals surface area contributed by atoms with Crippen LogP contribution in [0.15, 0.2) is 24.3 Å². The van der Waals surface area contributed by atoms with Crippen molar-refractivity contribution in [3.63, 3.8) is 0 Å². The number of carbonyl (C=O) groups is 2. The van der Waals surface area contributed by atoms with Crippen molar-refractivity contribution in [2.24, 2.45) is 0 Å². The van der Waals surface area contributed by atoms with Gasteiger partial charge < -0.3 is 19.5 Å². The fraction of sp³-hybridized carbons (Fsp3) is 0.455. The average Bonchev–Trinajstić information content (AvgIpc) is 3.43. The fourth-order valence-corrected chi connectivity index (χ4v) is 6.17. The van der Waals surface area contributed by atoms with Gasteiger partial charge in [0, 0.05) is 29.8 Å². The SMILES string of the molecule is Cc1cc2cc(C)c(C(OC(C)(C)C)C(=O)O)c(-c3cc(F)c4c(c3C)CCCO4)c2cc1C(=O)N1CCCC1. The van der Waals surface area contributed by atoms with E-state index in [0.29, 0.717) is 40.7 Å². The van der Waals surface area contributed by atoms with Gasteiger partial charge in [-0.2, -0.15) is 0 Å². The lowest BCUT2D eigenvalue weighted by Gasteiger charge is -2.30. The highest BCUT2D eigenvalue weighted by molar-refractivity contribution is 6.07. The number of ether oxygens (including phenoxy) is 2. The summed E-state index contributed by atoms with van der Waals surface area (Å²) in [6, 6.07) is 7.24. The molecular weight excluding hydrogens is 509 g/mol. The molecule has 0 aliphatic carbocycles. The molecule has 3 aromatic carbocycles. The Morgan fingerprint density at radius 1 is 1.02 bits per heavy atom. The lowest BCUT2D eigenvalue weighted by atomic mass is 9.82. The third-order valence-electron chi connectivity index (χ3n) is 8.02. The highest BCUT2D eigenvalue weighted by atomic mass is 19.1. The van der Waals surface area contributed by atoms with Crippen LogP contribution >= 0.6 is 0 Å². The number of carboxylic acid groups (broad SMARTS) is 1. The maximum atomic E-state index is 15.6. The first-order valence-electron chi connectivity index (χ1n) is 14.1. The predicted octanol–water partition coefficient (Wildman–Crippen LogP) is 7.07. The Morgan fingerprint density at radius 2 is 1.70 bits per heavy atom. The Morgan fingerprint density at radius 3 is 2.35 bits per heavy atom. The minimum atomic E-state index is -1.30. The zero-order valence-corrected chi connectivity index (χ0v) is 24.2. The van der Waals surface area contributed by atoms with Crippen LogP contribution in [0.25, 0.3) is 21.9 Å². The van der Waals surface area contributed by atoms with Crippen LogP contribution in [0.2, 0.25) is 0 Å². The summed E-state index contributed by atoms with van der Waals surface area (Å²) in [6.45, 7) is 13.1. The van der Waals surface area contributed by atoms with Crippen LogP contribution in [-0.4, -0.2) is 47.2 Å². The summed E-state index contributed by atoms with van der Waals surface area (Å²) in [7, 11) is 0. The lowest BCUT2D eigenvalue weighted by Crippen LogP contribution is -2.29. The van der Waals surface area contributed by atoms with Crippen LogP contribution in [0.5, 0.6) is 5.75 Å². The summed E-state index contributed by atoms with van der Waals surface area (Å²) >= 11 is 0. The summed E-state index contributed by atoms with van der Waals surface area (Å²) in [5.41, 5.74) is 4.70. The van der Waals surface area contributed by atoms with Gasteiger partial charge in [0.15, 0.2) is 17.7 Å². The van der Waals surface area contributed by atoms with Gasteiger partial charge in [-0.05, 0) is 118 Å². The zero-order chi connectivity index (χ0) is 28.9. The molecule has 6 nitrogen and oxygen atoms in total. The van der Waals surface area contributed by atoms with Crippen molar-refractivity contribution in [3.05, 3.63) is 63.5 Å². The molecule has 0 bridgehead atoms. The summed E-state index contributed by atoms with van der Waals surface area (Å²) in [6.07, 6.45) is 2.11. The first-order chi connectivity index (χ1) is 18.9. The quantitative estimate of drug-likeness (QED) is 0.370. The Bertz CT molecular complexity index is 1510. The van der Waals surface area contributed by atoms with Crippen molar-refractivity contribution in [2.45, 2.75) is 78.9 Å². The van der Waals surface area contributed by atoms with Crippen molar-refractivity contribution >= 4 is 22.6 Å². The van der Waals surface area contributed by atoms with Gasteiger partial charge in [-0.1, -0.05) is 12.1 Å². The first-order valence-corrected chi connectivity index (χ1v) is 14.1. The number of aryl methyl sites for hydroxylation is 2. The van der Waals surface area contributed by atoms with E-state index >= 15 is 4.39 Å². The van der Waals surface area contributed by atoms with E-state index in [1.165, 1.54) is 6.07 Å². The number of nitrogens with zero attached hydrogens (tertiary/aromatic N) is 1. The summed E-state index contributed by atoms with van der Waals surface area (Å²) < 4.78 is 27.5. The van der Waals surface area contributed by atoms with Gasteiger partial charge in [-0.3, -0.25) is 4.79 Å². The molecule has 7 heteroatoms. The molecule has 1 atom stereocenters. The molecule has 40 heavy (non-hydrogen) atoms. The second kappa shape index (κ2) is 10.5. The topological polar surface area (TPSA) is 76.1 Å². The molecule has 1 amide bonds. The van der Waals surface area contributed by atoms with E-state index in [0.717, 1.165) is 60.0 Å². The Balaban J connectivity index is 1.87. The van der Waals surface area contributed by atoms with Crippen LogP contribution in [0, 0.1) is 26.6 Å². The Labute approximate surface area is 235 Å². The van der Waals surface area contributed by atoms with E-state index in [1.54, 1.807) is 0 Å². The number of benzene rings is 3. The number of carbonyl (C=O) groups excluding carboxylic acids is 1. The highest BCUT2D eigenvalue weighted by Crippen LogP contribution is 2.45. The fourth-order valence-electron chi connectivity index (χ4n) is 6.17. The first kappa shape index (κ1) is 28.1. The Hall–Kier alpha value is -3.45. The third kappa shape index (κ3) is 5.07. The molecule has 1 unspecified atom stereocenters. The van der Waals surface area contributed by atoms with Gasteiger partial charge >= 0.3 is 5.97 Å². The van der Waals surface area contributed by atoms with E-state index in [9.17, 15) is 14.7 Å². The smallest absolute Gasteiger partial charge is 0.337 e. The van der Waals surface area contributed by atoms with Crippen molar-refractivity contribution in [1.82, 2.24) is 4.90 Å². The molecule has 1 fully saturated rings. The molecule has 1 N–H and O–H groups in total. The van der Waals surface area contributed by atoms with Crippen LogP contribution in [0.3, 0.4) is 0 Å². The average molecular weight is 548 g/mol. The minimum Gasteiger partial charge on any atom is -0.490 e. The number of halogens is 1. The Kier molecular flexibility index (Phi) is 7.38. The molecule has 0 aromatic heterocycles. The van der Waals surface area contributed by atoms with Gasteiger partial charge in [0.25, 0.3) is 5.91 Å². The molecule has 212 valence electrons. The molecular formula is C33H38FNO5. The van der Waals surface area contributed by atoms with Crippen LogP contribution in [0.4, 0.5) is 4.39 Å². The highest BCUT2D eigenvalue weighted by Gasteiger charge is 2.33. The van der Waals surface area contributed by atoms with E-state index in [-0.39, 0.29) is 11.7 Å². The van der Waals surface area contributed by atoms with Gasteiger partial charge in [0.05, 0.1) is 12.2 Å². The van der Waals surface area contributed by atoms with Crippen molar-refractivity contribution in [2.75, 3.05) is 19.7 Å². The standard InChI is InChI=1S/C33H38FNO5/c1-18-14-21-15-19(2)27(30(32(37)38)40-33(4,5)6)28(25(21)16-23(18)31(36)35-11-7-8-12-35)24-17-26(34)29-22(20(24)3)10-9-13-39-29/h14-17,30H,7-13H2,1-6H3,(H,37,38). The molecule has 3 aromatic rings. The van der Waals surface area contributed by atoms with E-state index in [1.807, 2.05) is 64.6 Å². The van der Waals surface area contributed by atoms with Crippen molar-refractivity contribution < 1.29 is 28.6 Å². The largest absolute Gasteiger partial charge is 0.490 e. The van der Waals surface area contributed by atoms with Gasteiger partial charge in [0.2, 0.25) is 0 Å². The molecule has 5 rings (SSSR count). The summed E-state index contributed by atoms with van der Waals surface area (Å²) in [4.78, 5) is 28.2. The molecule has 0 saturated carbocycles. The second-order valence-electron chi connectivity index (χ2n) is 12.1. The van der Waals surface area contributed by atoms with Gasteiger partial charge in [0.1, 0.15) is 0 Å². The van der Waals surface area contributed by atoms with Crippen molar-refractivity contribution in [1.29, 1.82) is 0 Å². The minimum absolute atomic E-state index is 0.0348. The summed E-state index contributed by atoms with van der Waals surface area (Å²) in [5, 5.41) is 12.0. The number of amides is 1. The van der Waals surface area contributed by atoms with Gasteiger partial charge in [-0.15, -0.1) is 0 Å². The molecule has 2 heterocycles. The summed E-state index contributed by atoms with van der Waals surface area (Å²) in [5.74, 6) is -1.36. The van der Waals surface area contributed by atoms with E-state index < -0.39 is 23.5 Å². The number of likely N-dealkylation sites (tertiary alicyclic amines) is 1. The molecule has 2 aliphatic rings. The number of hydrogen-bond acceptors (Lipinski definition) is 4. The predicted molar refractivity (Wildman–Crippen MR) is 154 cm³/mol. The zero-order valence-electron chi connectivity index (χ0n) is 24.2. The molecule has 2 aliphatic heterocycles. The van der Waals surface area contributed by atoms with E-state index in [2.05, 4.69) is 0 Å². The van der Waals surface area contributed by atoms with Crippen LogP contribution < -0.4 is 4.74 Å². The number of fused-ring (bicyclic) bond motifs is 2. The van der Waals surface area contributed by atoms with Gasteiger partial charge in [-0.25, -0.2) is 9.18 Å². The number of aliphatic carboxylic acids is 1. The number of rotatable bonds is 5. The normalized spacial score (nSPS) is 16.1. The second-order valence-corrected chi connectivity index (χ2v) is 12.1. The van der Waals surface area contributed by atoms with Crippen molar-refractivity contribution in [3.8, 4) is 16.9 Å². The maximum absolute atomic E-state index is 15.6. The molecule has 1 saturated heterocycles. The number of carboxylic acids is 1. The lowest BCUT2D eigenvalue weighted by molar-refractivity contribution is -0.160. The third-order valence-corrected chi connectivity index (χ3v) is 8.02. The van der Waals surface area contributed by atoms with E-state index in [4.69, 9.17) is 9.47 Å². The molecule has 0 radical (unpaired) electrons.